The van der Waals surface area contributed by atoms with Crippen LogP contribution in [0.25, 0.3) is 0 Å². The van der Waals surface area contributed by atoms with Crippen molar-refractivity contribution in [3.63, 3.8) is 0 Å². The molecule has 2 aromatic rings. The predicted molar refractivity (Wildman–Crippen MR) is 84.5 cm³/mol. The average molecular weight is 389 g/mol. The molecule has 1 aromatic carbocycles. The first-order chi connectivity index (χ1) is 9.10. The Morgan fingerprint density at radius 2 is 2.16 bits per heavy atom. The maximum absolute atomic E-state index is 13.1. The van der Waals surface area contributed by atoms with Crippen LogP contribution in [-0.2, 0) is 12.2 Å². The first-order valence-electron chi connectivity index (χ1n) is 5.79. The van der Waals surface area contributed by atoms with E-state index in [2.05, 4.69) is 32.6 Å². The molecule has 0 amide bonds. The number of thioether (sulfide) groups is 1. The highest BCUT2D eigenvalue weighted by molar-refractivity contribution is 14.1. The highest BCUT2D eigenvalue weighted by Crippen LogP contribution is 2.24. The molecule has 0 saturated heterocycles. The van der Waals surface area contributed by atoms with E-state index in [9.17, 15) is 4.39 Å². The van der Waals surface area contributed by atoms with Gasteiger partial charge in [0, 0.05) is 4.90 Å². The van der Waals surface area contributed by atoms with Crippen LogP contribution >= 0.6 is 34.4 Å². The SMILES string of the molecule is CCc1nc(CSc2cccc(F)c2)nc(N)c1I. The summed E-state index contributed by atoms with van der Waals surface area (Å²) in [6.45, 7) is 2.04. The molecule has 19 heavy (non-hydrogen) atoms. The molecule has 0 spiro atoms. The predicted octanol–water partition coefficient (Wildman–Crippen LogP) is 3.66. The number of nitrogen functional groups attached to an aromatic ring is 1. The van der Waals surface area contributed by atoms with Gasteiger partial charge >= 0.3 is 0 Å². The van der Waals surface area contributed by atoms with Gasteiger partial charge in [0.25, 0.3) is 0 Å². The summed E-state index contributed by atoms with van der Waals surface area (Å²) in [5, 5.41) is 0. The molecular formula is C13H13FIN3S. The minimum atomic E-state index is -0.234. The number of benzene rings is 1. The molecule has 2 rings (SSSR count). The van der Waals surface area contributed by atoms with Crippen LogP contribution in [0, 0.1) is 9.39 Å². The summed E-state index contributed by atoms with van der Waals surface area (Å²) in [4.78, 5) is 9.60. The van der Waals surface area contributed by atoms with Gasteiger partial charge in [-0.3, -0.25) is 0 Å². The third-order valence-electron chi connectivity index (χ3n) is 2.49. The summed E-state index contributed by atoms with van der Waals surface area (Å²) in [7, 11) is 0. The average Bonchev–Trinajstić information content (AvgIpc) is 2.40. The molecule has 2 N–H and O–H groups in total. The van der Waals surface area contributed by atoms with E-state index >= 15 is 0 Å². The van der Waals surface area contributed by atoms with Crippen molar-refractivity contribution < 1.29 is 4.39 Å². The van der Waals surface area contributed by atoms with Crippen molar-refractivity contribution in [1.82, 2.24) is 9.97 Å². The van der Waals surface area contributed by atoms with E-state index in [1.54, 1.807) is 6.07 Å². The van der Waals surface area contributed by atoms with Crippen molar-refractivity contribution in [3.8, 4) is 0 Å². The summed E-state index contributed by atoms with van der Waals surface area (Å²) >= 11 is 3.66. The molecule has 6 heteroatoms. The van der Waals surface area contributed by atoms with Gasteiger partial charge < -0.3 is 5.73 Å². The van der Waals surface area contributed by atoms with E-state index in [-0.39, 0.29) is 5.82 Å². The Morgan fingerprint density at radius 1 is 1.37 bits per heavy atom. The van der Waals surface area contributed by atoms with Gasteiger partial charge in [0.05, 0.1) is 15.0 Å². The molecule has 0 fully saturated rings. The summed E-state index contributed by atoms with van der Waals surface area (Å²) in [6, 6.07) is 6.49. The second-order valence-corrected chi connectivity index (χ2v) is 6.01. The standard InChI is InChI=1S/C13H13FIN3S/c1-2-10-12(15)13(16)18-11(17-10)7-19-9-5-3-4-8(14)6-9/h3-6H,2,7H2,1H3,(H2,16,17,18). The second-order valence-electron chi connectivity index (χ2n) is 3.89. The topological polar surface area (TPSA) is 51.8 Å². The van der Waals surface area contributed by atoms with Gasteiger partial charge in [-0.05, 0) is 47.2 Å². The maximum Gasteiger partial charge on any atom is 0.141 e. The number of halogens is 2. The first-order valence-corrected chi connectivity index (χ1v) is 7.85. The highest BCUT2D eigenvalue weighted by atomic mass is 127. The Morgan fingerprint density at radius 3 is 2.84 bits per heavy atom. The number of hydrogen-bond acceptors (Lipinski definition) is 4. The van der Waals surface area contributed by atoms with Gasteiger partial charge in [0.15, 0.2) is 0 Å². The van der Waals surface area contributed by atoms with E-state index in [1.165, 1.54) is 23.9 Å². The van der Waals surface area contributed by atoms with E-state index in [0.717, 1.165) is 20.6 Å². The van der Waals surface area contributed by atoms with Crippen LogP contribution in [0.15, 0.2) is 29.2 Å². The van der Waals surface area contributed by atoms with Crippen LogP contribution in [0.5, 0.6) is 0 Å². The molecule has 1 heterocycles. The van der Waals surface area contributed by atoms with Crippen molar-refractivity contribution >= 4 is 40.2 Å². The van der Waals surface area contributed by atoms with Crippen LogP contribution in [-0.4, -0.2) is 9.97 Å². The van der Waals surface area contributed by atoms with Crippen LogP contribution in [0.3, 0.4) is 0 Å². The molecule has 0 atom stereocenters. The van der Waals surface area contributed by atoms with E-state index in [0.29, 0.717) is 17.4 Å². The van der Waals surface area contributed by atoms with Gasteiger partial charge in [-0.25, -0.2) is 14.4 Å². The van der Waals surface area contributed by atoms with Gasteiger partial charge in [0.2, 0.25) is 0 Å². The number of aromatic nitrogens is 2. The van der Waals surface area contributed by atoms with Crippen LogP contribution in [0.2, 0.25) is 0 Å². The molecule has 100 valence electrons. The minimum absolute atomic E-state index is 0.234. The molecule has 0 radical (unpaired) electrons. The number of nitrogens with zero attached hydrogens (tertiary/aromatic N) is 2. The lowest BCUT2D eigenvalue weighted by molar-refractivity contribution is 0.624. The molecule has 0 bridgehead atoms. The lowest BCUT2D eigenvalue weighted by Gasteiger charge is -2.07. The summed E-state index contributed by atoms with van der Waals surface area (Å²) in [6.07, 6.45) is 0.822. The summed E-state index contributed by atoms with van der Waals surface area (Å²) in [5.74, 6) is 1.55. The maximum atomic E-state index is 13.1. The monoisotopic (exact) mass is 389 g/mol. The summed E-state index contributed by atoms with van der Waals surface area (Å²) < 4.78 is 14.0. The molecule has 3 nitrogen and oxygen atoms in total. The third kappa shape index (κ3) is 3.79. The quantitative estimate of drug-likeness (QED) is 0.641. The molecule has 0 aliphatic carbocycles. The van der Waals surface area contributed by atoms with E-state index < -0.39 is 0 Å². The van der Waals surface area contributed by atoms with Gasteiger partial charge in [-0.15, -0.1) is 11.8 Å². The zero-order valence-electron chi connectivity index (χ0n) is 10.4. The van der Waals surface area contributed by atoms with E-state index in [4.69, 9.17) is 5.73 Å². The second kappa shape index (κ2) is 6.51. The molecule has 0 aliphatic heterocycles. The van der Waals surface area contributed by atoms with Gasteiger partial charge in [0.1, 0.15) is 17.5 Å². The Labute approximate surface area is 129 Å². The number of anilines is 1. The molecule has 0 unspecified atom stereocenters. The highest BCUT2D eigenvalue weighted by Gasteiger charge is 2.09. The zero-order chi connectivity index (χ0) is 13.8. The molecule has 1 aromatic heterocycles. The first kappa shape index (κ1) is 14.5. The van der Waals surface area contributed by atoms with Crippen molar-refractivity contribution in [1.29, 1.82) is 0 Å². The van der Waals surface area contributed by atoms with Gasteiger partial charge in [-0.2, -0.15) is 0 Å². The van der Waals surface area contributed by atoms with Crippen molar-refractivity contribution in [3.05, 3.63) is 45.2 Å². The smallest absolute Gasteiger partial charge is 0.141 e. The molecule has 0 saturated carbocycles. The minimum Gasteiger partial charge on any atom is -0.383 e. The Balaban J connectivity index is 2.13. The fourth-order valence-corrected chi connectivity index (χ4v) is 2.99. The normalized spacial score (nSPS) is 10.7. The number of rotatable bonds is 4. The number of hydrogen-bond donors (Lipinski definition) is 1. The van der Waals surface area contributed by atoms with E-state index in [1.807, 2.05) is 13.0 Å². The molecular weight excluding hydrogens is 376 g/mol. The fraction of sp³-hybridized carbons (Fsp3) is 0.231. The zero-order valence-corrected chi connectivity index (χ0v) is 13.3. The number of nitrogens with two attached hydrogens (primary N) is 1. The third-order valence-corrected chi connectivity index (χ3v) is 4.66. The fourth-order valence-electron chi connectivity index (χ4n) is 1.57. The van der Waals surface area contributed by atoms with Crippen molar-refractivity contribution in [2.24, 2.45) is 0 Å². The van der Waals surface area contributed by atoms with Crippen LogP contribution in [0.1, 0.15) is 18.4 Å². The van der Waals surface area contributed by atoms with Gasteiger partial charge in [-0.1, -0.05) is 13.0 Å². The Hall–Kier alpha value is -0.890. The molecule has 0 aliphatic rings. The van der Waals surface area contributed by atoms with Crippen molar-refractivity contribution in [2.75, 3.05) is 5.73 Å². The Kier molecular flexibility index (Phi) is 4.98. The Bertz CT molecular complexity index is 592. The van der Waals surface area contributed by atoms with Crippen LogP contribution < -0.4 is 5.73 Å². The largest absolute Gasteiger partial charge is 0.383 e. The lowest BCUT2D eigenvalue weighted by atomic mass is 10.3. The summed E-state index contributed by atoms with van der Waals surface area (Å²) in [5.41, 5.74) is 6.82. The van der Waals surface area contributed by atoms with Crippen LogP contribution in [0.4, 0.5) is 10.2 Å². The van der Waals surface area contributed by atoms with Crippen molar-refractivity contribution in [2.45, 2.75) is 24.0 Å². The lowest BCUT2D eigenvalue weighted by Crippen LogP contribution is -2.06. The number of aryl methyl sites for hydroxylation is 1.